The van der Waals surface area contributed by atoms with Gasteiger partial charge in [-0.05, 0) is 36.2 Å². The molecule has 102 valence electrons. The molecule has 1 aliphatic rings. The van der Waals surface area contributed by atoms with Crippen molar-refractivity contribution in [3.63, 3.8) is 0 Å². The van der Waals surface area contributed by atoms with Crippen molar-refractivity contribution in [3.05, 3.63) is 42.1 Å². The van der Waals surface area contributed by atoms with E-state index in [0.29, 0.717) is 18.1 Å². The largest absolute Gasteiger partial charge is 0.481 e. The second-order valence-electron chi connectivity index (χ2n) is 4.51. The van der Waals surface area contributed by atoms with E-state index in [9.17, 15) is 4.79 Å². The van der Waals surface area contributed by atoms with Crippen LogP contribution in [-0.4, -0.2) is 18.0 Å². The molecule has 0 aliphatic carbocycles. The molecule has 20 heavy (non-hydrogen) atoms. The molecule has 1 N–H and O–H groups in total. The fraction of sp³-hybridized carbons (Fsp3) is 0.200. The molecule has 0 radical (unpaired) electrons. The van der Waals surface area contributed by atoms with E-state index in [1.165, 1.54) is 0 Å². The van der Waals surface area contributed by atoms with Crippen molar-refractivity contribution >= 4 is 11.6 Å². The summed E-state index contributed by atoms with van der Waals surface area (Å²) in [6, 6.07) is 9.17. The summed E-state index contributed by atoms with van der Waals surface area (Å²) in [5.74, 6) is 1.98. The molecule has 2 heterocycles. The SMILES string of the molecule is COc1ccc(Oc2ccc3c(c2)CCC(=O)N3)cn1. The van der Waals surface area contributed by atoms with Crippen molar-refractivity contribution in [1.82, 2.24) is 4.98 Å². The van der Waals surface area contributed by atoms with Crippen LogP contribution in [0.4, 0.5) is 5.69 Å². The number of nitrogens with zero attached hydrogens (tertiary/aromatic N) is 1. The Balaban J connectivity index is 1.79. The zero-order valence-corrected chi connectivity index (χ0v) is 11.1. The van der Waals surface area contributed by atoms with E-state index in [-0.39, 0.29) is 5.91 Å². The maximum Gasteiger partial charge on any atom is 0.224 e. The third kappa shape index (κ3) is 2.56. The van der Waals surface area contributed by atoms with Crippen LogP contribution >= 0.6 is 0 Å². The Labute approximate surface area is 116 Å². The Morgan fingerprint density at radius 2 is 2.00 bits per heavy atom. The molecule has 0 spiro atoms. The highest BCUT2D eigenvalue weighted by atomic mass is 16.5. The molecular formula is C15H14N2O3. The van der Waals surface area contributed by atoms with Crippen molar-refractivity contribution in [2.24, 2.45) is 0 Å². The highest BCUT2D eigenvalue weighted by molar-refractivity contribution is 5.94. The van der Waals surface area contributed by atoms with Gasteiger partial charge in [0.15, 0.2) is 0 Å². The Bertz CT molecular complexity index is 638. The van der Waals surface area contributed by atoms with E-state index in [2.05, 4.69) is 10.3 Å². The molecule has 5 heteroatoms. The summed E-state index contributed by atoms with van der Waals surface area (Å²) in [5.41, 5.74) is 1.95. The fourth-order valence-corrected chi connectivity index (χ4v) is 2.11. The van der Waals surface area contributed by atoms with E-state index < -0.39 is 0 Å². The number of ether oxygens (including phenoxy) is 2. The minimum absolute atomic E-state index is 0.0607. The third-order valence-corrected chi connectivity index (χ3v) is 3.13. The number of aromatic nitrogens is 1. The Morgan fingerprint density at radius 1 is 1.15 bits per heavy atom. The molecular weight excluding hydrogens is 256 g/mol. The van der Waals surface area contributed by atoms with Crippen molar-refractivity contribution in [1.29, 1.82) is 0 Å². The number of fused-ring (bicyclic) bond motifs is 1. The second kappa shape index (κ2) is 5.21. The summed E-state index contributed by atoms with van der Waals surface area (Å²) in [6.07, 6.45) is 2.86. The van der Waals surface area contributed by atoms with Crippen LogP contribution < -0.4 is 14.8 Å². The topological polar surface area (TPSA) is 60.5 Å². The van der Waals surface area contributed by atoms with Gasteiger partial charge in [0.05, 0.1) is 13.3 Å². The van der Waals surface area contributed by atoms with Gasteiger partial charge in [0.1, 0.15) is 11.5 Å². The first-order valence-electron chi connectivity index (χ1n) is 6.35. The molecule has 0 bridgehead atoms. The van der Waals surface area contributed by atoms with Crippen LogP contribution in [0.5, 0.6) is 17.4 Å². The van der Waals surface area contributed by atoms with Gasteiger partial charge in [0.25, 0.3) is 0 Å². The molecule has 5 nitrogen and oxygen atoms in total. The summed E-state index contributed by atoms with van der Waals surface area (Å²) >= 11 is 0. The normalized spacial score (nSPS) is 13.3. The van der Waals surface area contributed by atoms with Gasteiger partial charge in [-0.25, -0.2) is 4.98 Å². The number of aryl methyl sites for hydroxylation is 1. The molecule has 2 aromatic rings. The van der Waals surface area contributed by atoms with E-state index in [0.717, 1.165) is 23.4 Å². The summed E-state index contributed by atoms with van der Waals surface area (Å²) in [6.45, 7) is 0. The number of anilines is 1. The number of carbonyl (C=O) groups excluding carboxylic acids is 1. The van der Waals surface area contributed by atoms with Gasteiger partial charge < -0.3 is 14.8 Å². The quantitative estimate of drug-likeness (QED) is 0.931. The van der Waals surface area contributed by atoms with Crippen LogP contribution in [-0.2, 0) is 11.2 Å². The maximum atomic E-state index is 11.3. The maximum absolute atomic E-state index is 11.3. The van der Waals surface area contributed by atoms with Crippen LogP contribution in [0.15, 0.2) is 36.5 Å². The minimum atomic E-state index is 0.0607. The van der Waals surface area contributed by atoms with E-state index >= 15 is 0 Å². The van der Waals surface area contributed by atoms with Crippen LogP contribution in [0, 0.1) is 0 Å². The Kier molecular flexibility index (Phi) is 3.25. The van der Waals surface area contributed by atoms with Crippen molar-refractivity contribution < 1.29 is 14.3 Å². The van der Waals surface area contributed by atoms with Crippen LogP contribution in [0.2, 0.25) is 0 Å². The lowest BCUT2D eigenvalue weighted by Crippen LogP contribution is -2.18. The lowest BCUT2D eigenvalue weighted by Gasteiger charge is -2.17. The smallest absolute Gasteiger partial charge is 0.224 e. The van der Waals surface area contributed by atoms with Gasteiger partial charge in [-0.3, -0.25) is 4.79 Å². The summed E-state index contributed by atoms with van der Waals surface area (Å²) in [5, 5.41) is 2.84. The molecule has 0 saturated heterocycles. The van der Waals surface area contributed by atoms with E-state index in [4.69, 9.17) is 9.47 Å². The third-order valence-electron chi connectivity index (χ3n) is 3.13. The number of hydrogen-bond donors (Lipinski definition) is 1. The number of hydrogen-bond acceptors (Lipinski definition) is 4. The number of amides is 1. The lowest BCUT2D eigenvalue weighted by molar-refractivity contribution is -0.116. The van der Waals surface area contributed by atoms with E-state index in [1.54, 1.807) is 25.4 Å². The molecule has 1 aromatic heterocycles. The number of methoxy groups -OCH3 is 1. The molecule has 0 unspecified atom stereocenters. The number of carbonyl (C=O) groups is 1. The zero-order valence-electron chi connectivity index (χ0n) is 11.1. The predicted molar refractivity (Wildman–Crippen MR) is 74.3 cm³/mol. The van der Waals surface area contributed by atoms with Gasteiger partial charge in [0, 0.05) is 18.2 Å². The number of nitrogens with one attached hydrogen (secondary N) is 1. The van der Waals surface area contributed by atoms with Gasteiger partial charge in [-0.1, -0.05) is 0 Å². The average Bonchev–Trinajstić information content (AvgIpc) is 2.48. The Morgan fingerprint density at radius 3 is 2.75 bits per heavy atom. The first-order valence-corrected chi connectivity index (χ1v) is 6.35. The molecule has 0 saturated carbocycles. The highest BCUT2D eigenvalue weighted by Crippen LogP contribution is 2.29. The lowest BCUT2D eigenvalue weighted by atomic mass is 10.0. The molecule has 1 aliphatic heterocycles. The summed E-state index contributed by atoms with van der Waals surface area (Å²) in [4.78, 5) is 15.4. The van der Waals surface area contributed by atoms with Crippen LogP contribution in [0.1, 0.15) is 12.0 Å². The van der Waals surface area contributed by atoms with E-state index in [1.807, 2.05) is 18.2 Å². The predicted octanol–water partition coefficient (Wildman–Crippen LogP) is 2.77. The van der Waals surface area contributed by atoms with Crippen molar-refractivity contribution in [2.75, 3.05) is 12.4 Å². The number of pyridine rings is 1. The zero-order chi connectivity index (χ0) is 13.9. The van der Waals surface area contributed by atoms with Gasteiger partial charge >= 0.3 is 0 Å². The first kappa shape index (κ1) is 12.5. The van der Waals surface area contributed by atoms with Crippen LogP contribution in [0.25, 0.3) is 0 Å². The van der Waals surface area contributed by atoms with Gasteiger partial charge in [0.2, 0.25) is 11.8 Å². The Hall–Kier alpha value is -2.56. The first-order chi connectivity index (χ1) is 9.74. The standard InChI is InChI=1S/C15H14N2O3/c1-19-15-7-4-12(9-16-15)20-11-3-5-13-10(8-11)2-6-14(18)17-13/h3-5,7-9H,2,6H2,1H3,(H,17,18). The molecule has 0 fully saturated rings. The average molecular weight is 270 g/mol. The monoisotopic (exact) mass is 270 g/mol. The minimum Gasteiger partial charge on any atom is -0.481 e. The molecule has 0 atom stereocenters. The summed E-state index contributed by atoms with van der Waals surface area (Å²) in [7, 11) is 1.57. The molecule has 1 amide bonds. The highest BCUT2D eigenvalue weighted by Gasteiger charge is 2.15. The van der Waals surface area contributed by atoms with Gasteiger partial charge in [-0.15, -0.1) is 0 Å². The van der Waals surface area contributed by atoms with Crippen molar-refractivity contribution in [3.8, 4) is 17.4 Å². The number of rotatable bonds is 3. The molecule has 1 aromatic carbocycles. The molecule has 3 rings (SSSR count). The van der Waals surface area contributed by atoms with Crippen LogP contribution in [0.3, 0.4) is 0 Å². The second-order valence-corrected chi connectivity index (χ2v) is 4.51. The fourth-order valence-electron chi connectivity index (χ4n) is 2.11. The van der Waals surface area contributed by atoms with Gasteiger partial charge in [-0.2, -0.15) is 0 Å². The number of benzene rings is 1. The summed E-state index contributed by atoms with van der Waals surface area (Å²) < 4.78 is 10.7. The van der Waals surface area contributed by atoms with Crippen molar-refractivity contribution in [2.45, 2.75) is 12.8 Å².